The summed E-state index contributed by atoms with van der Waals surface area (Å²) in [7, 11) is 1.82. The molecule has 0 saturated heterocycles. The number of hydrogen-bond acceptors (Lipinski definition) is 4. The van der Waals surface area contributed by atoms with E-state index in [-0.39, 0.29) is 11.9 Å². The highest BCUT2D eigenvalue weighted by Crippen LogP contribution is 2.19. The molecule has 1 N–H and O–H groups in total. The van der Waals surface area contributed by atoms with Crippen LogP contribution in [0.3, 0.4) is 0 Å². The Balaban J connectivity index is 1.62. The number of carbonyl (C=O) groups excluding carboxylic acids is 1. The molecular formula is C22H24N4O. The predicted molar refractivity (Wildman–Crippen MR) is 108 cm³/mol. The zero-order chi connectivity index (χ0) is 19.1. The highest BCUT2D eigenvalue weighted by molar-refractivity contribution is 5.94. The van der Waals surface area contributed by atoms with Crippen LogP contribution in [0.15, 0.2) is 73.3 Å². The number of rotatable bonds is 7. The van der Waals surface area contributed by atoms with Crippen molar-refractivity contribution in [2.24, 2.45) is 0 Å². The third kappa shape index (κ3) is 5.14. The second-order valence-electron chi connectivity index (χ2n) is 6.57. The summed E-state index contributed by atoms with van der Waals surface area (Å²) in [5, 5.41) is 3.41. The summed E-state index contributed by atoms with van der Waals surface area (Å²) in [4.78, 5) is 22.7. The van der Waals surface area contributed by atoms with Gasteiger partial charge in [0.15, 0.2) is 0 Å². The van der Waals surface area contributed by atoms with E-state index in [1.54, 1.807) is 29.7 Å². The van der Waals surface area contributed by atoms with Gasteiger partial charge in [0, 0.05) is 44.4 Å². The van der Waals surface area contributed by atoms with Crippen LogP contribution in [0.4, 0.5) is 5.69 Å². The van der Waals surface area contributed by atoms with E-state index in [4.69, 9.17) is 0 Å². The number of amides is 1. The summed E-state index contributed by atoms with van der Waals surface area (Å²) in [5.74, 6) is -0.0347. The maximum Gasteiger partial charge on any atom is 0.255 e. The minimum atomic E-state index is -0.0347. The van der Waals surface area contributed by atoms with Crippen molar-refractivity contribution in [1.29, 1.82) is 0 Å². The van der Waals surface area contributed by atoms with Crippen molar-refractivity contribution >= 4 is 11.6 Å². The number of benzene rings is 1. The van der Waals surface area contributed by atoms with E-state index in [1.165, 1.54) is 5.56 Å². The number of hydrogen-bond donors (Lipinski definition) is 1. The molecule has 0 saturated carbocycles. The summed E-state index contributed by atoms with van der Waals surface area (Å²) in [5.41, 5.74) is 3.76. The van der Waals surface area contributed by atoms with Gasteiger partial charge in [0.2, 0.25) is 0 Å². The van der Waals surface area contributed by atoms with Crippen LogP contribution in [0.2, 0.25) is 0 Å². The summed E-state index contributed by atoms with van der Waals surface area (Å²) in [6.45, 7) is 2.73. The number of nitrogens with one attached hydrogen (secondary N) is 1. The van der Waals surface area contributed by atoms with Crippen molar-refractivity contribution < 1.29 is 4.79 Å². The highest BCUT2D eigenvalue weighted by atomic mass is 16.2. The summed E-state index contributed by atoms with van der Waals surface area (Å²) < 4.78 is 0. The minimum absolute atomic E-state index is 0.0347. The van der Waals surface area contributed by atoms with Crippen molar-refractivity contribution in [2.45, 2.75) is 19.4 Å². The molecule has 0 aliphatic rings. The number of carbonyl (C=O) groups is 1. The van der Waals surface area contributed by atoms with Crippen molar-refractivity contribution in [3.8, 4) is 0 Å². The van der Waals surface area contributed by atoms with E-state index in [1.807, 2.05) is 43.4 Å². The number of likely N-dealkylation sites (N-methyl/N-ethyl adjacent to an activating group) is 1. The molecule has 1 aromatic carbocycles. The highest BCUT2D eigenvalue weighted by Gasteiger charge is 2.13. The molecule has 138 valence electrons. The van der Waals surface area contributed by atoms with E-state index in [2.05, 4.69) is 34.3 Å². The van der Waals surface area contributed by atoms with E-state index in [0.29, 0.717) is 12.1 Å². The van der Waals surface area contributed by atoms with Gasteiger partial charge in [0.25, 0.3) is 5.91 Å². The first-order valence-electron chi connectivity index (χ1n) is 9.04. The fourth-order valence-electron chi connectivity index (χ4n) is 2.88. The molecule has 1 atom stereocenters. The number of anilines is 1. The molecule has 27 heavy (non-hydrogen) atoms. The summed E-state index contributed by atoms with van der Waals surface area (Å²) in [6.07, 6.45) is 7.69. The minimum Gasteiger partial charge on any atom is -0.377 e. The molecular weight excluding hydrogens is 336 g/mol. The fourth-order valence-corrected chi connectivity index (χ4v) is 2.88. The molecule has 5 nitrogen and oxygen atoms in total. The van der Waals surface area contributed by atoms with Crippen LogP contribution < -0.4 is 5.32 Å². The fraction of sp³-hybridized carbons (Fsp3) is 0.227. The van der Waals surface area contributed by atoms with Gasteiger partial charge in [-0.1, -0.05) is 30.3 Å². The first kappa shape index (κ1) is 18.6. The van der Waals surface area contributed by atoms with Crippen molar-refractivity contribution in [3.05, 3.63) is 90.0 Å². The van der Waals surface area contributed by atoms with E-state index >= 15 is 0 Å². The number of aromatic nitrogens is 2. The van der Waals surface area contributed by atoms with E-state index in [0.717, 1.165) is 17.7 Å². The second-order valence-corrected chi connectivity index (χ2v) is 6.57. The Morgan fingerprint density at radius 3 is 2.56 bits per heavy atom. The van der Waals surface area contributed by atoms with Gasteiger partial charge in [-0.15, -0.1) is 0 Å². The molecule has 5 heteroatoms. The lowest BCUT2D eigenvalue weighted by Crippen LogP contribution is -2.29. The van der Waals surface area contributed by atoms with Crippen LogP contribution >= 0.6 is 0 Å². The third-order valence-corrected chi connectivity index (χ3v) is 4.50. The molecule has 3 rings (SSSR count). The Morgan fingerprint density at radius 1 is 1.07 bits per heavy atom. The SMILES string of the molecule is CC(Nc1cncc(C(=O)N(C)CCc2ccncc2)c1)c1ccccc1. The normalized spacial score (nSPS) is 11.6. The first-order valence-corrected chi connectivity index (χ1v) is 9.04. The standard InChI is InChI=1S/C22H24N4O/c1-17(19-6-4-3-5-7-19)25-21-14-20(15-24-16-21)22(27)26(2)13-10-18-8-11-23-12-9-18/h3-9,11-12,14-17,25H,10,13H2,1-2H3. The second kappa shape index (κ2) is 8.94. The Bertz CT molecular complexity index is 868. The maximum atomic E-state index is 12.7. The maximum absolute atomic E-state index is 12.7. The van der Waals surface area contributed by atoms with Gasteiger partial charge >= 0.3 is 0 Å². The molecule has 1 unspecified atom stereocenters. The Morgan fingerprint density at radius 2 is 1.81 bits per heavy atom. The molecule has 1 amide bonds. The molecule has 0 bridgehead atoms. The van der Waals surface area contributed by atoms with Crippen LogP contribution in [0.1, 0.15) is 34.5 Å². The van der Waals surface area contributed by atoms with Crippen LogP contribution in [0.5, 0.6) is 0 Å². The third-order valence-electron chi connectivity index (χ3n) is 4.50. The zero-order valence-electron chi connectivity index (χ0n) is 15.7. The van der Waals surface area contributed by atoms with Gasteiger partial charge in [-0.3, -0.25) is 14.8 Å². The van der Waals surface area contributed by atoms with Gasteiger partial charge < -0.3 is 10.2 Å². The van der Waals surface area contributed by atoms with Crippen molar-refractivity contribution in [2.75, 3.05) is 18.9 Å². The molecule has 0 aliphatic carbocycles. The Hall–Kier alpha value is -3.21. The summed E-state index contributed by atoms with van der Waals surface area (Å²) in [6, 6.07) is 16.1. The Labute approximate surface area is 160 Å². The lowest BCUT2D eigenvalue weighted by molar-refractivity contribution is 0.0796. The monoisotopic (exact) mass is 360 g/mol. The van der Waals surface area contributed by atoms with Crippen LogP contribution in [-0.2, 0) is 6.42 Å². The van der Waals surface area contributed by atoms with Crippen LogP contribution in [0.25, 0.3) is 0 Å². The topological polar surface area (TPSA) is 58.1 Å². The van der Waals surface area contributed by atoms with Crippen LogP contribution in [-0.4, -0.2) is 34.4 Å². The average molecular weight is 360 g/mol. The van der Waals surface area contributed by atoms with Gasteiger partial charge in [-0.05, 0) is 42.7 Å². The Kier molecular flexibility index (Phi) is 6.15. The molecule has 3 aromatic rings. The van der Waals surface area contributed by atoms with Gasteiger partial charge in [0.1, 0.15) is 0 Å². The zero-order valence-corrected chi connectivity index (χ0v) is 15.7. The lowest BCUT2D eigenvalue weighted by Gasteiger charge is -2.19. The first-order chi connectivity index (χ1) is 13.1. The number of pyridine rings is 2. The quantitative estimate of drug-likeness (QED) is 0.693. The van der Waals surface area contributed by atoms with Crippen molar-refractivity contribution in [3.63, 3.8) is 0 Å². The van der Waals surface area contributed by atoms with Crippen LogP contribution in [0, 0.1) is 0 Å². The smallest absolute Gasteiger partial charge is 0.255 e. The van der Waals surface area contributed by atoms with Crippen molar-refractivity contribution in [1.82, 2.24) is 14.9 Å². The largest absolute Gasteiger partial charge is 0.377 e. The predicted octanol–water partition coefficient (Wildman–Crippen LogP) is 3.96. The molecule has 0 aliphatic heterocycles. The van der Waals surface area contributed by atoms with E-state index in [9.17, 15) is 4.79 Å². The molecule has 0 spiro atoms. The lowest BCUT2D eigenvalue weighted by atomic mass is 10.1. The molecule has 2 aromatic heterocycles. The van der Waals surface area contributed by atoms with Gasteiger partial charge in [0.05, 0.1) is 11.3 Å². The molecule has 0 radical (unpaired) electrons. The van der Waals surface area contributed by atoms with E-state index < -0.39 is 0 Å². The average Bonchev–Trinajstić information content (AvgIpc) is 2.73. The molecule has 0 fully saturated rings. The summed E-state index contributed by atoms with van der Waals surface area (Å²) >= 11 is 0. The number of nitrogens with zero attached hydrogens (tertiary/aromatic N) is 3. The van der Waals surface area contributed by atoms with Gasteiger partial charge in [-0.2, -0.15) is 0 Å². The molecule has 2 heterocycles. The van der Waals surface area contributed by atoms with Gasteiger partial charge in [-0.25, -0.2) is 0 Å².